The van der Waals surface area contributed by atoms with Crippen LogP contribution in [0.15, 0.2) is 46.9 Å². The number of benzene rings is 2. The van der Waals surface area contributed by atoms with Crippen LogP contribution in [-0.2, 0) is 14.3 Å². The van der Waals surface area contributed by atoms with Crippen LogP contribution in [0, 0.1) is 6.92 Å². The van der Waals surface area contributed by atoms with E-state index in [4.69, 9.17) is 9.47 Å². The average Bonchev–Trinajstić information content (AvgIpc) is 2.61. The Morgan fingerprint density at radius 1 is 1.12 bits per heavy atom. The van der Waals surface area contributed by atoms with Gasteiger partial charge in [0.2, 0.25) is 0 Å². The van der Waals surface area contributed by atoms with Crippen molar-refractivity contribution >= 4 is 39.8 Å². The van der Waals surface area contributed by atoms with Crippen molar-refractivity contribution < 1.29 is 23.9 Å². The second kappa shape index (κ2) is 8.98. The maximum absolute atomic E-state index is 11.8. The lowest BCUT2D eigenvalue weighted by molar-refractivity contribution is -0.149. The van der Waals surface area contributed by atoms with Crippen LogP contribution in [0.1, 0.15) is 15.9 Å². The van der Waals surface area contributed by atoms with Crippen LogP contribution in [-0.4, -0.2) is 31.4 Å². The van der Waals surface area contributed by atoms with Crippen LogP contribution in [0.2, 0.25) is 0 Å². The maximum Gasteiger partial charge on any atom is 0.344 e. The second-order valence-corrected chi connectivity index (χ2v) is 6.06. The van der Waals surface area contributed by atoms with Crippen LogP contribution in [0.5, 0.6) is 5.75 Å². The zero-order valence-electron chi connectivity index (χ0n) is 13.5. The molecule has 0 atom stereocenters. The number of amides is 1. The standard InChI is InChI=1S/C18H16BrNO5/c1-12-8-14(19)4-7-16(12)20-17(22)10-25-18(23)11-24-15-5-2-13(9-21)3-6-15/h2-9H,10-11H2,1H3,(H,20,22). The molecule has 0 fully saturated rings. The molecule has 2 rings (SSSR count). The predicted molar refractivity (Wildman–Crippen MR) is 95.8 cm³/mol. The van der Waals surface area contributed by atoms with Crippen molar-refractivity contribution in [3.63, 3.8) is 0 Å². The van der Waals surface area contributed by atoms with Crippen LogP contribution >= 0.6 is 15.9 Å². The highest BCUT2D eigenvalue weighted by Crippen LogP contribution is 2.19. The number of aryl methyl sites for hydroxylation is 1. The SMILES string of the molecule is Cc1cc(Br)ccc1NC(=O)COC(=O)COc1ccc(C=O)cc1. The highest BCUT2D eigenvalue weighted by molar-refractivity contribution is 9.10. The van der Waals surface area contributed by atoms with Crippen molar-refractivity contribution in [3.05, 3.63) is 58.1 Å². The van der Waals surface area contributed by atoms with Crippen molar-refractivity contribution in [2.75, 3.05) is 18.5 Å². The summed E-state index contributed by atoms with van der Waals surface area (Å²) in [7, 11) is 0. The molecule has 6 nitrogen and oxygen atoms in total. The summed E-state index contributed by atoms with van der Waals surface area (Å²) in [5.41, 5.74) is 2.04. The van der Waals surface area contributed by atoms with Gasteiger partial charge in [-0.25, -0.2) is 4.79 Å². The minimum Gasteiger partial charge on any atom is -0.482 e. The molecular formula is C18H16BrNO5. The molecule has 2 aromatic carbocycles. The van der Waals surface area contributed by atoms with Gasteiger partial charge >= 0.3 is 5.97 Å². The quantitative estimate of drug-likeness (QED) is 0.565. The van der Waals surface area contributed by atoms with Crippen LogP contribution in [0.3, 0.4) is 0 Å². The molecule has 1 N–H and O–H groups in total. The average molecular weight is 406 g/mol. The number of anilines is 1. The lowest BCUT2D eigenvalue weighted by atomic mass is 10.2. The molecule has 0 radical (unpaired) electrons. The molecule has 1 amide bonds. The van der Waals surface area contributed by atoms with E-state index in [1.165, 1.54) is 0 Å². The molecule has 0 aliphatic carbocycles. The molecule has 0 unspecified atom stereocenters. The summed E-state index contributed by atoms with van der Waals surface area (Å²) >= 11 is 3.34. The van der Waals surface area contributed by atoms with Gasteiger partial charge in [-0.1, -0.05) is 15.9 Å². The number of hydrogen-bond donors (Lipinski definition) is 1. The van der Waals surface area contributed by atoms with Crippen LogP contribution in [0.25, 0.3) is 0 Å². The zero-order chi connectivity index (χ0) is 18.2. The van der Waals surface area contributed by atoms with Gasteiger partial charge in [0.05, 0.1) is 0 Å². The molecule has 25 heavy (non-hydrogen) atoms. The topological polar surface area (TPSA) is 81.7 Å². The highest BCUT2D eigenvalue weighted by Gasteiger charge is 2.10. The van der Waals surface area contributed by atoms with Gasteiger partial charge in [0.25, 0.3) is 5.91 Å². The van der Waals surface area contributed by atoms with E-state index >= 15 is 0 Å². The van der Waals surface area contributed by atoms with E-state index in [-0.39, 0.29) is 6.61 Å². The third-order valence-corrected chi connectivity index (χ3v) is 3.69. The van der Waals surface area contributed by atoms with Gasteiger partial charge in [-0.15, -0.1) is 0 Å². The van der Waals surface area contributed by atoms with Crippen molar-refractivity contribution in [1.29, 1.82) is 0 Å². The monoisotopic (exact) mass is 405 g/mol. The van der Waals surface area contributed by atoms with Crippen molar-refractivity contribution in [3.8, 4) is 5.75 Å². The summed E-state index contributed by atoms with van der Waals surface area (Å²) < 4.78 is 11.0. The Bertz CT molecular complexity index is 774. The van der Waals surface area contributed by atoms with E-state index in [9.17, 15) is 14.4 Å². The minimum atomic E-state index is -0.665. The Hall–Kier alpha value is -2.67. The molecule has 0 heterocycles. The van der Waals surface area contributed by atoms with Crippen LogP contribution in [0.4, 0.5) is 5.69 Å². The number of rotatable bonds is 7. The van der Waals surface area contributed by atoms with Gasteiger partial charge < -0.3 is 14.8 Å². The lowest BCUT2D eigenvalue weighted by Crippen LogP contribution is -2.24. The summed E-state index contributed by atoms with van der Waals surface area (Å²) in [6.07, 6.45) is 0.712. The molecule has 0 aliphatic rings. The first-order valence-corrected chi connectivity index (χ1v) is 8.17. The lowest BCUT2D eigenvalue weighted by Gasteiger charge is -2.10. The Labute approximate surface area is 153 Å². The fourth-order valence-electron chi connectivity index (χ4n) is 1.93. The van der Waals surface area contributed by atoms with Gasteiger partial charge in [-0.2, -0.15) is 0 Å². The van der Waals surface area contributed by atoms with E-state index < -0.39 is 18.5 Å². The number of halogens is 1. The largest absolute Gasteiger partial charge is 0.482 e. The van der Waals surface area contributed by atoms with E-state index in [0.29, 0.717) is 23.3 Å². The molecular weight excluding hydrogens is 390 g/mol. The molecule has 0 saturated heterocycles. The van der Waals surface area contributed by atoms with Gasteiger partial charge in [-0.3, -0.25) is 9.59 Å². The zero-order valence-corrected chi connectivity index (χ0v) is 15.0. The van der Waals surface area contributed by atoms with E-state index in [0.717, 1.165) is 10.0 Å². The second-order valence-electron chi connectivity index (χ2n) is 5.14. The molecule has 0 saturated carbocycles. The first-order valence-electron chi connectivity index (χ1n) is 7.37. The summed E-state index contributed by atoms with van der Waals surface area (Å²) in [5.74, 6) is -0.672. The number of carbonyl (C=O) groups excluding carboxylic acids is 3. The minimum absolute atomic E-state index is 0.328. The third-order valence-electron chi connectivity index (χ3n) is 3.20. The molecule has 0 spiro atoms. The molecule has 0 aliphatic heterocycles. The molecule has 0 aromatic heterocycles. The molecule has 2 aromatic rings. The number of ether oxygens (including phenoxy) is 2. The van der Waals surface area contributed by atoms with Crippen LogP contribution < -0.4 is 10.1 Å². The fraction of sp³-hybridized carbons (Fsp3) is 0.167. The Morgan fingerprint density at radius 2 is 1.84 bits per heavy atom. The number of aldehydes is 1. The molecule has 130 valence electrons. The van der Waals surface area contributed by atoms with Crippen molar-refractivity contribution in [2.45, 2.75) is 6.92 Å². The number of hydrogen-bond acceptors (Lipinski definition) is 5. The van der Waals surface area contributed by atoms with E-state index in [1.807, 2.05) is 13.0 Å². The molecule has 7 heteroatoms. The number of nitrogens with one attached hydrogen (secondary N) is 1. The number of esters is 1. The van der Waals surface area contributed by atoms with E-state index in [2.05, 4.69) is 21.2 Å². The predicted octanol–water partition coefficient (Wildman–Crippen LogP) is 3.13. The Kier molecular flexibility index (Phi) is 6.71. The van der Waals surface area contributed by atoms with Crippen molar-refractivity contribution in [2.24, 2.45) is 0 Å². The van der Waals surface area contributed by atoms with Gasteiger partial charge in [0.15, 0.2) is 13.2 Å². The summed E-state index contributed by atoms with van der Waals surface area (Å²) in [5, 5.41) is 2.67. The summed E-state index contributed by atoms with van der Waals surface area (Å²) in [6.45, 7) is 1.13. The first-order chi connectivity index (χ1) is 12.0. The highest BCUT2D eigenvalue weighted by atomic mass is 79.9. The summed E-state index contributed by atoms with van der Waals surface area (Å²) in [6, 6.07) is 11.7. The maximum atomic E-state index is 11.8. The Morgan fingerprint density at radius 3 is 2.48 bits per heavy atom. The van der Waals surface area contributed by atoms with E-state index in [1.54, 1.807) is 36.4 Å². The van der Waals surface area contributed by atoms with Gasteiger partial charge in [0.1, 0.15) is 12.0 Å². The van der Waals surface area contributed by atoms with Gasteiger partial charge in [0, 0.05) is 15.7 Å². The smallest absolute Gasteiger partial charge is 0.344 e. The number of carbonyl (C=O) groups is 3. The summed E-state index contributed by atoms with van der Waals surface area (Å²) in [4.78, 5) is 34.0. The van der Waals surface area contributed by atoms with Gasteiger partial charge in [-0.05, 0) is 55.0 Å². The Balaban J connectivity index is 1.75. The fourth-order valence-corrected chi connectivity index (χ4v) is 2.40. The molecule has 0 bridgehead atoms. The normalized spacial score (nSPS) is 10.0. The van der Waals surface area contributed by atoms with Crippen molar-refractivity contribution in [1.82, 2.24) is 0 Å². The first kappa shape index (κ1) is 18.7. The third kappa shape index (κ3) is 6.04.